The maximum absolute atomic E-state index is 13.0. The van der Waals surface area contributed by atoms with Crippen LogP contribution in [0, 0.1) is 10.1 Å². The quantitative estimate of drug-likeness (QED) is 0.231. The second-order valence-corrected chi connectivity index (χ2v) is 6.86. The van der Waals surface area contributed by atoms with Crippen molar-refractivity contribution in [2.24, 2.45) is 0 Å². The number of anilines is 1. The van der Waals surface area contributed by atoms with Crippen LogP contribution in [0.25, 0.3) is 0 Å². The number of ether oxygens (including phenoxy) is 1. The van der Waals surface area contributed by atoms with Crippen LogP contribution in [-0.4, -0.2) is 22.6 Å². The van der Waals surface area contributed by atoms with Crippen LogP contribution in [0.3, 0.4) is 0 Å². The fourth-order valence-electron chi connectivity index (χ4n) is 2.95. The van der Waals surface area contributed by atoms with Crippen LogP contribution in [0.2, 0.25) is 0 Å². The van der Waals surface area contributed by atoms with Crippen LogP contribution in [-0.2, 0) is 14.3 Å². The zero-order valence-electron chi connectivity index (χ0n) is 17.0. The van der Waals surface area contributed by atoms with Crippen molar-refractivity contribution in [1.29, 1.82) is 0 Å². The normalized spacial score (nSPS) is 11.2. The predicted molar refractivity (Wildman–Crippen MR) is 117 cm³/mol. The number of nitrogens with one attached hydrogen (secondary N) is 1. The van der Waals surface area contributed by atoms with Crippen molar-refractivity contribution in [3.05, 3.63) is 106 Å². The zero-order chi connectivity index (χ0) is 22.9. The van der Waals surface area contributed by atoms with E-state index >= 15 is 0 Å². The molecule has 0 spiro atoms. The van der Waals surface area contributed by atoms with Crippen LogP contribution >= 0.6 is 0 Å². The molecule has 0 radical (unpaired) electrons. The summed E-state index contributed by atoms with van der Waals surface area (Å²) in [5.74, 6) is -1.57. The third-order valence-electron chi connectivity index (χ3n) is 4.57. The first-order valence-electron chi connectivity index (χ1n) is 9.82. The summed E-state index contributed by atoms with van der Waals surface area (Å²) < 4.78 is 5.42. The van der Waals surface area contributed by atoms with Gasteiger partial charge in [0.1, 0.15) is 0 Å². The number of Topliss-reactive ketones (excluding diaryl/α,β-unsaturated/α-hetero) is 1. The van der Waals surface area contributed by atoms with E-state index in [2.05, 4.69) is 5.32 Å². The topological polar surface area (TPSA) is 116 Å². The van der Waals surface area contributed by atoms with Crippen molar-refractivity contribution < 1.29 is 24.0 Å². The number of nitro groups is 1. The van der Waals surface area contributed by atoms with E-state index in [1.807, 2.05) is 6.07 Å². The maximum atomic E-state index is 13.0. The highest BCUT2D eigenvalue weighted by Gasteiger charge is 2.27. The number of rotatable bonds is 9. The van der Waals surface area contributed by atoms with E-state index < -0.39 is 22.8 Å². The van der Waals surface area contributed by atoms with Gasteiger partial charge in [-0.2, -0.15) is 0 Å². The van der Waals surface area contributed by atoms with Gasteiger partial charge in [-0.25, -0.2) is 0 Å². The Labute approximate surface area is 184 Å². The predicted octanol–water partition coefficient (Wildman–Crippen LogP) is 4.48. The lowest BCUT2D eigenvalue weighted by molar-refractivity contribution is -0.384. The second kappa shape index (κ2) is 10.6. The fraction of sp³-hybridized carbons (Fsp3) is 0.125. The van der Waals surface area contributed by atoms with Crippen molar-refractivity contribution >= 4 is 29.0 Å². The largest absolute Gasteiger partial charge is 0.449 e. The molecule has 0 saturated carbocycles. The molecule has 3 aromatic carbocycles. The highest BCUT2D eigenvalue weighted by Crippen LogP contribution is 2.25. The Morgan fingerprint density at radius 2 is 1.44 bits per heavy atom. The van der Waals surface area contributed by atoms with Gasteiger partial charge in [0.25, 0.3) is 5.69 Å². The van der Waals surface area contributed by atoms with Gasteiger partial charge in [-0.3, -0.25) is 24.5 Å². The fourth-order valence-corrected chi connectivity index (χ4v) is 2.95. The van der Waals surface area contributed by atoms with E-state index in [1.54, 1.807) is 54.6 Å². The smallest absolute Gasteiger partial charge is 0.307 e. The van der Waals surface area contributed by atoms with Crippen LogP contribution in [0.15, 0.2) is 84.9 Å². The molecule has 0 aliphatic rings. The highest BCUT2D eigenvalue weighted by molar-refractivity contribution is 6.01. The molecule has 0 aliphatic heterocycles. The number of carbonyl (C=O) groups excluding carboxylic acids is 3. The van der Waals surface area contributed by atoms with Crippen molar-refractivity contribution in [2.45, 2.75) is 18.9 Å². The van der Waals surface area contributed by atoms with Crippen molar-refractivity contribution in [3.8, 4) is 0 Å². The average Bonchev–Trinajstić information content (AvgIpc) is 2.82. The van der Waals surface area contributed by atoms with E-state index in [1.165, 1.54) is 24.3 Å². The first-order chi connectivity index (χ1) is 15.4. The van der Waals surface area contributed by atoms with Crippen LogP contribution in [0.4, 0.5) is 11.4 Å². The number of hydrogen-bond acceptors (Lipinski definition) is 6. The molecule has 3 aromatic rings. The highest BCUT2D eigenvalue weighted by atomic mass is 16.6. The van der Waals surface area contributed by atoms with Gasteiger partial charge in [-0.1, -0.05) is 48.5 Å². The van der Waals surface area contributed by atoms with Gasteiger partial charge in [0.2, 0.25) is 11.7 Å². The minimum absolute atomic E-state index is 0.125. The summed E-state index contributed by atoms with van der Waals surface area (Å²) in [6.07, 6.45) is -1.65. The summed E-state index contributed by atoms with van der Waals surface area (Å²) in [7, 11) is 0. The Kier molecular flexibility index (Phi) is 7.42. The SMILES string of the molecule is O=C(CCC(=O)O[C@H](C(=O)c1ccccc1)c1ccc([N+](=O)[O-])cc1)Nc1ccccc1. The first-order valence-corrected chi connectivity index (χ1v) is 9.82. The van der Waals surface area contributed by atoms with E-state index in [-0.39, 0.29) is 24.4 Å². The number of amides is 1. The standard InChI is InChI=1S/C24H20N2O6/c27-21(25-19-9-5-2-6-10-19)15-16-22(28)32-24(23(29)17-7-3-1-4-8-17)18-11-13-20(14-12-18)26(30)31/h1-14,24H,15-16H2,(H,25,27)/t24-/m0/s1. The van der Waals surface area contributed by atoms with Gasteiger partial charge in [-0.05, 0) is 24.3 Å². The molecule has 0 bridgehead atoms. The Morgan fingerprint density at radius 3 is 2.03 bits per heavy atom. The molecule has 8 nitrogen and oxygen atoms in total. The Bertz CT molecular complexity index is 1100. The lowest BCUT2D eigenvalue weighted by atomic mass is 9.99. The number of hydrogen-bond donors (Lipinski definition) is 1. The molecule has 162 valence electrons. The number of nitro benzene ring substituents is 1. The van der Waals surface area contributed by atoms with Crippen molar-refractivity contribution in [2.75, 3.05) is 5.32 Å². The van der Waals surface area contributed by atoms with Crippen LogP contribution in [0.1, 0.15) is 34.9 Å². The molecule has 0 unspecified atom stereocenters. The van der Waals surface area contributed by atoms with Gasteiger partial charge in [0.05, 0.1) is 11.3 Å². The Hall–Kier alpha value is -4.33. The minimum Gasteiger partial charge on any atom is -0.449 e. The molecule has 0 aliphatic carbocycles. The molecule has 1 N–H and O–H groups in total. The zero-order valence-corrected chi connectivity index (χ0v) is 17.0. The minimum atomic E-state index is -1.29. The molecular formula is C24H20N2O6. The van der Waals surface area contributed by atoms with Gasteiger partial charge < -0.3 is 10.1 Å². The van der Waals surface area contributed by atoms with E-state index in [0.29, 0.717) is 16.8 Å². The number of para-hydroxylation sites is 1. The summed E-state index contributed by atoms with van der Waals surface area (Å²) in [4.78, 5) is 47.9. The number of nitrogens with zero attached hydrogens (tertiary/aromatic N) is 1. The monoisotopic (exact) mass is 432 g/mol. The van der Waals surface area contributed by atoms with Gasteiger partial charge in [0.15, 0.2) is 6.10 Å². The first kappa shape index (κ1) is 22.4. The summed E-state index contributed by atoms with van der Waals surface area (Å²) in [6, 6.07) is 22.3. The summed E-state index contributed by atoms with van der Waals surface area (Å²) in [6.45, 7) is 0. The van der Waals surface area contributed by atoms with Crippen LogP contribution in [0.5, 0.6) is 0 Å². The van der Waals surface area contributed by atoms with Gasteiger partial charge in [-0.15, -0.1) is 0 Å². The molecule has 0 fully saturated rings. The molecule has 0 heterocycles. The molecule has 8 heteroatoms. The van der Waals surface area contributed by atoms with Crippen molar-refractivity contribution in [3.63, 3.8) is 0 Å². The van der Waals surface area contributed by atoms with Crippen molar-refractivity contribution in [1.82, 2.24) is 0 Å². The molecule has 3 rings (SSSR count). The molecular weight excluding hydrogens is 412 g/mol. The van der Waals surface area contributed by atoms with Gasteiger partial charge in [0, 0.05) is 35.4 Å². The number of carbonyl (C=O) groups is 3. The summed E-state index contributed by atoms with van der Waals surface area (Å²) in [5.41, 5.74) is 1.08. The number of non-ortho nitro benzene ring substituents is 1. The number of ketones is 1. The molecule has 1 amide bonds. The number of benzene rings is 3. The summed E-state index contributed by atoms with van der Waals surface area (Å²) >= 11 is 0. The third-order valence-corrected chi connectivity index (χ3v) is 4.57. The van der Waals surface area contributed by atoms with Gasteiger partial charge >= 0.3 is 5.97 Å². The molecule has 32 heavy (non-hydrogen) atoms. The number of esters is 1. The van der Waals surface area contributed by atoms with E-state index in [9.17, 15) is 24.5 Å². The lowest BCUT2D eigenvalue weighted by Crippen LogP contribution is -2.21. The third kappa shape index (κ3) is 6.09. The van der Waals surface area contributed by atoms with E-state index in [4.69, 9.17) is 4.74 Å². The Balaban J connectivity index is 1.70. The lowest BCUT2D eigenvalue weighted by Gasteiger charge is -2.17. The maximum Gasteiger partial charge on any atom is 0.307 e. The van der Waals surface area contributed by atoms with E-state index in [0.717, 1.165) is 0 Å². The molecule has 1 atom stereocenters. The summed E-state index contributed by atoms with van der Waals surface area (Å²) in [5, 5.41) is 13.6. The Morgan fingerprint density at radius 1 is 0.844 bits per heavy atom. The average molecular weight is 432 g/mol. The second-order valence-electron chi connectivity index (χ2n) is 6.86. The molecule has 0 aromatic heterocycles. The molecule has 0 saturated heterocycles. The van der Waals surface area contributed by atoms with Crippen LogP contribution < -0.4 is 5.32 Å².